The Morgan fingerprint density at radius 2 is 1.77 bits per heavy atom. The third-order valence-electron chi connectivity index (χ3n) is 11.1. The van der Waals surface area contributed by atoms with Gasteiger partial charge in [0.2, 0.25) is 5.91 Å². The van der Waals surface area contributed by atoms with Crippen LogP contribution in [-0.2, 0) is 43.7 Å². The van der Waals surface area contributed by atoms with Crippen molar-refractivity contribution in [1.29, 1.82) is 0 Å². The van der Waals surface area contributed by atoms with Crippen molar-refractivity contribution in [3.8, 4) is 16.9 Å². The van der Waals surface area contributed by atoms with E-state index in [1.54, 1.807) is 25.4 Å². The van der Waals surface area contributed by atoms with Gasteiger partial charge in [0.25, 0.3) is 17.9 Å². The number of carbonyl (C=O) groups excluding carboxylic acids is 1. The average molecular weight is 951 g/mol. The predicted octanol–water partition coefficient (Wildman–Crippen LogP) is 9.62. The van der Waals surface area contributed by atoms with Crippen molar-refractivity contribution in [2.24, 2.45) is 13.0 Å². The number of nitrogens with one attached hydrogen (secondary N) is 2. The first-order valence-electron chi connectivity index (χ1n) is 19.9. The Balaban J connectivity index is 1.31. The Bertz CT molecular complexity index is 3020. The Morgan fingerprint density at radius 1 is 1.03 bits per heavy atom. The van der Waals surface area contributed by atoms with Crippen molar-refractivity contribution in [2.75, 3.05) is 11.0 Å². The van der Waals surface area contributed by atoms with E-state index in [9.17, 15) is 35.5 Å². The van der Waals surface area contributed by atoms with Gasteiger partial charge in [-0.2, -0.15) is 37.2 Å². The number of amides is 1. The molecule has 12 nitrogen and oxygen atoms in total. The Labute approximate surface area is 371 Å². The quantitative estimate of drug-likeness (QED) is 0.0815. The van der Waals surface area contributed by atoms with Gasteiger partial charge < -0.3 is 10.0 Å². The molecule has 1 aliphatic rings. The molecule has 7 aromatic rings. The minimum atomic E-state index is -4.35. The lowest BCUT2D eigenvalue weighted by molar-refractivity contribution is -0.136. The smallest absolute Gasteiger partial charge is 0.344 e. The summed E-state index contributed by atoms with van der Waals surface area (Å²) in [5.74, 6) is -7.95. The standard InChI is InChI=1S/C42H36ClF9N10O2S/c1-20-13-26-34(37(46)47)56-61(36(26)42(20,51)52)19-32(63)53-30(16-21-14-23(44)18-24(45)15-21)39-54-29-17-22(28-9-12-60(55-28)11-4-10-41(48,49)50)5-6-25(29)40(64)62(39)31-8-7-27(43)33-35(31)59(2)57-38(33)58-65-3/h5-9,12,14-15,17-18,20,30,37H,4,10-11,13,16,19H2,1-3H3,(H,53,63)(H,57,58). The summed E-state index contributed by atoms with van der Waals surface area (Å²) in [6, 6.07) is 10.1. The molecular formula is C42H36ClF9N10O2S. The molecule has 0 fully saturated rings. The van der Waals surface area contributed by atoms with Crippen LogP contribution in [-0.4, -0.2) is 57.2 Å². The molecule has 0 aliphatic heterocycles. The minimum absolute atomic E-state index is 0.0232. The van der Waals surface area contributed by atoms with Crippen LogP contribution in [0.4, 0.5) is 45.3 Å². The van der Waals surface area contributed by atoms with Gasteiger partial charge in [0, 0.05) is 62.0 Å². The third-order valence-corrected chi connectivity index (χ3v) is 11.8. The number of aromatic nitrogens is 8. The molecule has 0 spiro atoms. The maximum atomic E-state index is 15.5. The van der Waals surface area contributed by atoms with Crippen molar-refractivity contribution >= 4 is 57.1 Å². The normalized spacial score (nSPS) is 15.3. The number of nitrogens with zero attached hydrogens (tertiary/aromatic N) is 8. The van der Waals surface area contributed by atoms with Crippen LogP contribution < -0.4 is 15.6 Å². The largest absolute Gasteiger partial charge is 0.389 e. The van der Waals surface area contributed by atoms with Gasteiger partial charge in [0.15, 0.2) is 5.82 Å². The Hall–Kier alpha value is -6.03. The van der Waals surface area contributed by atoms with Crippen LogP contribution in [0.15, 0.2) is 65.6 Å². The molecule has 4 aromatic heterocycles. The van der Waals surface area contributed by atoms with E-state index >= 15 is 13.6 Å². The summed E-state index contributed by atoms with van der Waals surface area (Å²) in [7, 11) is 1.59. The first kappa shape index (κ1) is 45.5. The third kappa shape index (κ3) is 8.88. The fraction of sp³-hybridized carbons (Fsp3) is 0.333. The van der Waals surface area contributed by atoms with Crippen LogP contribution in [0.25, 0.3) is 38.8 Å². The predicted molar refractivity (Wildman–Crippen MR) is 225 cm³/mol. The van der Waals surface area contributed by atoms with E-state index in [1.807, 2.05) is 0 Å². The molecule has 3 aromatic carbocycles. The summed E-state index contributed by atoms with van der Waals surface area (Å²) in [6.07, 6.45) is -6.46. The zero-order chi connectivity index (χ0) is 46.7. The molecule has 2 N–H and O–H groups in total. The topological polar surface area (TPSA) is 129 Å². The number of benzene rings is 3. The van der Waals surface area contributed by atoms with Gasteiger partial charge >= 0.3 is 6.18 Å². The average Bonchev–Trinajstić information content (AvgIpc) is 3.97. The van der Waals surface area contributed by atoms with Crippen molar-refractivity contribution in [2.45, 2.75) is 70.3 Å². The van der Waals surface area contributed by atoms with Crippen LogP contribution in [0.2, 0.25) is 5.02 Å². The molecule has 0 saturated carbocycles. The number of hydrogen-bond acceptors (Lipinski definition) is 8. The van der Waals surface area contributed by atoms with E-state index in [2.05, 4.69) is 25.3 Å². The van der Waals surface area contributed by atoms with Crippen molar-refractivity contribution < 1.29 is 44.3 Å². The van der Waals surface area contributed by atoms with Crippen LogP contribution in [0.3, 0.4) is 0 Å². The number of aryl methyl sites for hydroxylation is 2. The summed E-state index contributed by atoms with van der Waals surface area (Å²) in [6.45, 7) is 0.140. The molecule has 0 saturated heterocycles. The minimum Gasteiger partial charge on any atom is -0.344 e. The molecular weight excluding hydrogens is 915 g/mol. The van der Waals surface area contributed by atoms with Gasteiger partial charge in [-0.25, -0.2) is 22.5 Å². The first-order chi connectivity index (χ1) is 30.7. The van der Waals surface area contributed by atoms with Gasteiger partial charge in [-0.3, -0.25) is 28.2 Å². The molecule has 1 aliphatic carbocycles. The second-order valence-electron chi connectivity index (χ2n) is 15.6. The lowest BCUT2D eigenvalue weighted by atomic mass is 10.0. The Morgan fingerprint density at radius 3 is 2.46 bits per heavy atom. The summed E-state index contributed by atoms with van der Waals surface area (Å²) >= 11 is 7.92. The molecule has 8 rings (SSSR count). The summed E-state index contributed by atoms with van der Waals surface area (Å²) < 4.78 is 135. The highest BCUT2D eigenvalue weighted by atomic mass is 35.5. The number of carbonyl (C=O) groups is 1. The number of rotatable bonds is 14. The summed E-state index contributed by atoms with van der Waals surface area (Å²) in [5, 5.41) is 15.9. The fourth-order valence-corrected chi connectivity index (χ4v) is 8.79. The number of hydrogen-bond donors (Lipinski definition) is 2. The molecule has 4 heterocycles. The number of halogens is 10. The second kappa shape index (κ2) is 17.4. The highest BCUT2D eigenvalue weighted by molar-refractivity contribution is 7.99. The van der Waals surface area contributed by atoms with E-state index in [4.69, 9.17) is 16.6 Å². The van der Waals surface area contributed by atoms with Crippen molar-refractivity contribution in [3.05, 3.63) is 116 Å². The lowest BCUT2D eigenvalue weighted by Crippen LogP contribution is -2.38. The molecule has 2 atom stereocenters. The van der Waals surface area contributed by atoms with E-state index in [-0.39, 0.29) is 51.5 Å². The highest BCUT2D eigenvalue weighted by Gasteiger charge is 2.51. The fourth-order valence-electron chi connectivity index (χ4n) is 8.21. The number of anilines is 1. The van der Waals surface area contributed by atoms with Crippen LogP contribution in [0, 0.1) is 17.6 Å². The molecule has 0 radical (unpaired) electrons. The van der Waals surface area contributed by atoms with Gasteiger partial charge in [-0.1, -0.05) is 36.5 Å². The molecule has 342 valence electrons. The lowest BCUT2D eigenvalue weighted by Gasteiger charge is -2.24. The zero-order valence-electron chi connectivity index (χ0n) is 34.3. The monoisotopic (exact) mass is 950 g/mol. The van der Waals surface area contributed by atoms with Gasteiger partial charge in [0.05, 0.1) is 44.3 Å². The second-order valence-corrected chi connectivity index (χ2v) is 16.6. The summed E-state index contributed by atoms with van der Waals surface area (Å²) in [5.41, 5.74) is -1.70. The van der Waals surface area contributed by atoms with Gasteiger partial charge in [-0.15, -0.1) is 0 Å². The highest BCUT2D eigenvalue weighted by Crippen LogP contribution is 2.48. The number of alkyl halides is 7. The first-order valence-corrected chi connectivity index (χ1v) is 21.5. The maximum absolute atomic E-state index is 15.5. The molecule has 65 heavy (non-hydrogen) atoms. The van der Waals surface area contributed by atoms with Crippen LogP contribution in [0.5, 0.6) is 0 Å². The molecule has 0 bridgehead atoms. The van der Waals surface area contributed by atoms with Crippen molar-refractivity contribution in [1.82, 2.24) is 44.2 Å². The van der Waals surface area contributed by atoms with Gasteiger partial charge in [0.1, 0.15) is 35.4 Å². The molecule has 1 amide bonds. The van der Waals surface area contributed by atoms with Crippen LogP contribution >= 0.6 is 23.5 Å². The SMILES string of the molecule is CSNc1nn(C)c2c(-n3c(C(Cc4cc(F)cc(F)c4)NC(=O)Cn4nc(C(F)F)c5c4C(F)(F)C(C)C5)nc4cc(-c5ccn(CCCC(F)(F)F)n5)ccc4c3=O)ccc(Cl)c12. The molecule has 2 unspecified atom stereocenters. The van der Waals surface area contributed by atoms with Crippen molar-refractivity contribution in [3.63, 3.8) is 0 Å². The Kier molecular flexibility index (Phi) is 12.2. The summed E-state index contributed by atoms with van der Waals surface area (Å²) in [4.78, 5) is 34.1. The van der Waals surface area contributed by atoms with E-state index < -0.39 is 90.8 Å². The van der Waals surface area contributed by atoms with Gasteiger partial charge in [-0.05, 0) is 60.9 Å². The van der Waals surface area contributed by atoms with E-state index in [1.165, 1.54) is 58.7 Å². The maximum Gasteiger partial charge on any atom is 0.389 e. The molecule has 23 heteroatoms. The van der Waals surface area contributed by atoms with E-state index in [0.29, 0.717) is 38.7 Å². The zero-order valence-corrected chi connectivity index (χ0v) is 35.9. The van der Waals surface area contributed by atoms with Crippen LogP contribution in [0.1, 0.15) is 60.6 Å². The van der Waals surface area contributed by atoms with E-state index in [0.717, 1.165) is 16.7 Å². The number of fused-ring (bicyclic) bond motifs is 3.